The Balaban J connectivity index is 2.16. The zero-order valence-corrected chi connectivity index (χ0v) is 12.8. The molecule has 21 heavy (non-hydrogen) atoms. The van der Waals surface area contributed by atoms with Gasteiger partial charge in [-0.15, -0.1) is 0 Å². The summed E-state index contributed by atoms with van der Waals surface area (Å²) in [7, 11) is 0. The minimum Gasteiger partial charge on any atom is -0.334 e. The molecular formula is C15H14BrN3O2. The van der Waals surface area contributed by atoms with Gasteiger partial charge in [0.1, 0.15) is 5.69 Å². The van der Waals surface area contributed by atoms with E-state index >= 15 is 0 Å². The largest absolute Gasteiger partial charge is 0.334 e. The van der Waals surface area contributed by atoms with Crippen LogP contribution in [0.5, 0.6) is 0 Å². The summed E-state index contributed by atoms with van der Waals surface area (Å²) in [5.41, 5.74) is 2.90. The van der Waals surface area contributed by atoms with Gasteiger partial charge in [-0.05, 0) is 23.8 Å². The first-order valence-electron chi connectivity index (χ1n) is 6.67. The number of hydrogen-bond donors (Lipinski definition) is 1. The number of nitrogens with one attached hydrogen (secondary N) is 1. The molecule has 0 unspecified atom stereocenters. The van der Waals surface area contributed by atoms with E-state index in [1.165, 1.54) is 0 Å². The Hall–Kier alpha value is -1.92. The highest BCUT2D eigenvalue weighted by Gasteiger charge is 2.23. The maximum Gasteiger partial charge on any atom is 0.292 e. The molecule has 1 N–H and O–H groups in total. The predicted octanol–water partition coefficient (Wildman–Crippen LogP) is 3.60. The van der Waals surface area contributed by atoms with Crippen molar-refractivity contribution >= 4 is 33.0 Å². The van der Waals surface area contributed by atoms with Gasteiger partial charge < -0.3 is 10.2 Å². The van der Waals surface area contributed by atoms with E-state index in [-0.39, 0.29) is 10.6 Å². The zero-order chi connectivity index (χ0) is 14.8. The second kappa shape index (κ2) is 5.83. The van der Waals surface area contributed by atoms with Crippen molar-refractivity contribution in [1.82, 2.24) is 5.32 Å². The topological polar surface area (TPSA) is 58.4 Å². The van der Waals surface area contributed by atoms with Crippen LogP contribution in [0.25, 0.3) is 0 Å². The van der Waals surface area contributed by atoms with E-state index in [0.29, 0.717) is 12.2 Å². The summed E-state index contributed by atoms with van der Waals surface area (Å²) in [5.74, 6) is 0. The molecule has 0 bridgehead atoms. The zero-order valence-electron chi connectivity index (χ0n) is 11.3. The predicted molar refractivity (Wildman–Crippen MR) is 86.0 cm³/mol. The Morgan fingerprint density at radius 3 is 2.81 bits per heavy atom. The molecular weight excluding hydrogens is 334 g/mol. The maximum atomic E-state index is 11.3. The van der Waals surface area contributed by atoms with Crippen molar-refractivity contribution in [3.8, 4) is 0 Å². The number of benzene rings is 2. The molecule has 0 amide bonds. The molecule has 5 nitrogen and oxygen atoms in total. The lowest BCUT2D eigenvalue weighted by atomic mass is 10.1. The summed E-state index contributed by atoms with van der Waals surface area (Å²) in [6.07, 6.45) is 0. The van der Waals surface area contributed by atoms with Gasteiger partial charge in [-0.2, -0.15) is 0 Å². The molecule has 0 aliphatic carbocycles. The van der Waals surface area contributed by atoms with Crippen LogP contribution in [0.1, 0.15) is 5.56 Å². The third-order valence-corrected chi connectivity index (χ3v) is 4.03. The van der Waals surface area contributed by atoms with Crippen LogP contribution in [0, 0.1) is 10.1 Å². The van der Waals surface area contributed by atoms with Crippen LogP contribution in [-0.2, 0) is 6.54 Å². The molecule has 1 aliphatic heterocycles. The van der Waals surface area contributed by atoms with Gasteiger partial charge in [-0.1, -0.05) is 34.1 Å². The maximum absolute atomic E-state index is 11.3. The monoisotopic (exact) mass is 347 g/mol. The van der Waals surface area contributed by atoms with Crippen molar-refractivity contribution in [3.05, 3.63) is 62.6 Å². The smallest absolute Gasteiger partial charge is 0.292 e. The number of para-hydroxylation sites is 1. The fraction of sp³-hybridized carbons (Fsp3) is 0.200. The molecule has 0 spiro atoms. The number of nitro benzene ring substituents is 1. The van der Waals surface area contributed by atoms with Crippen LogP contribution in [0.4, 0.5) is 17.1 Å². The molecule has 3 rings (SSSR count). The molecule has 0 radical (unpaired) electrons. The summed E-state index contributed by atoms with van der Waals surface area (Å²) in [6, 6.07) is 13.0. The first-order valence-corrected chi connectivity index (χ1v) is 7.46. The summed E-state index contributed by atoms with van der Waals surface area (Å²) in [6.45, 7) is 2.24. The van der Waals surface area contributed by atoms with Crippen molar-refractivity contribution in [2.45, 2.75) is 6.54 Å². The average molecular weight is 348 g/mol. The van der Waals surface area contributed by atoms with Crippen LogP contribution in [0.3, 0.4) is 0 Å². The second-order valence-corrected chi connectivity index (χ2v) is 5.76. The van der Waals surface area contributed by atoms with Crippen LogP contribution in [0.2, 0.25) is 0 Å². The minimum absolute atomic E-state index is 0.120. The van der Waals surface area contributed by atoms with Crippen molar-refractivity contribution in [3.63, 3.8) is 0 Å². The quantitative estimate of drug-likeness (QED) is 0.666. The van der Waals surface area contributed by atoms with Crippen LogP contribution >= 0.6 is 15.9 Å². The van der Waals surface area contributed by atoms with Crippen LogP contribution in [0.15, 0.2) is 46.9 Å². The lowest BCUT2D eigenvalue weighted by Gasteiger charge is -2.24. The highest BCUT2D eigenvalue weighted by atomic mass is 79.9. The van der Waals surface area contributed by atoms with E-state index in [1.54, 1.807) is 18.2 Å². The van der Waals surface area contributed by atoms with Crippen molar-refractivity contribution in [2.24, 2.45) is 0 Å². The Labute approximate surface area is 130 Å². The van der Waals surface area contributed by atoms with Gasteiger partial charge in [-0.25, -0.2) is 0 Å². The van der Waals surface area contributed by atoms with E-state index in [9.17, 15) is 10.1 Å². The van der Waals surface area contributed by atoms with Crippen LogP contribution < -0.4 is 10.2 Å². The molecule has 0 fully saturated rings. The lowest BCUT2D eigenvalue weighted by Crippen LogP contribution is -2.25. The lowest BCUT2D eigenvalue weighted by molar-refractivity contribution is -0.384. The second-order valence-electron chi connectivity index (χ2n) is 4.85. The first-order chi connectivity index (χ1) is 10.2. The van der Waals surface area contributed by atoms with Crippen LogP contribution in [-0.4, -0.2) is 18.0 Å². The van der Waals surface area contributed by atoms with Gasteiger partial charge in [0.15, 0.2) is 0 Å². The van der Waals surface area contributed by atoms with Gasteiger partial charge >= 0.3 is 0 Å². The number of nitrogens with zero attached hydrogens (tertiary/aromatic N) is 2. The number of rotatable bonds is 2. The molecule has 1 aliphatic rings. The Bertz CT molecular complexity index is 690. The van der Waals surface area contributed by atoms with Crippen molar-refractivity contribution in [2.75, 3.05) is 18.0 Å². The standard InChI is InChI=1S/C15H14BrN3O2/c16-12-5-6-14(19(20)21)15(9-12)18-8-7-17-10-11-3-1-2-4-13(11)18/h1-6,9,17H,7-8,10H2. The summed E-state index contributed by atoms with van der Waals surface area (Å²) >= 11 is 3.41. The van der Waals surface area contributed by atoms with E-state index in [2.05, 4.69) is 21.2 Å². The number of hydrogen-bond acceptors (Lipinski definition) is 4. The Kier molecular flexibility index (Phi) is 3.90. The Morgan fingerprint density at radius 2 is 2.00 bits per heavy atom. The fourth-order valence-electron chi connectivity index (χ4n) is 2.58. The molecule has 2 aromatic rings. The molecule has 6 heteroatoms. The number of halogens is 1. The van der Waals surface area contributed by atoms with E-state index in [4.69, 9.17) is 0 Å². The highest BCUT2D eigenvalue weighted by Crippen LogP contribution is 2.37. The normalized spacial score (nSPS) is 14.4. The molecule has 0 aromatic heterocycles. The Morgan fingerprint density at radius 1 is 1.19 bits per heavy atom. The molecule has 108 valence electrons. The number of nitro groups is 1. The van der Waals surface area contributed by atoms with Gasteiger partial charge in [-0.3, -0.25) is 10.1 Å². The van der Waals surface area contributed by atoms with E-state index < -0.39 is 0 Å². The summed E-state index contributed by atoms with van der Waals surface area (Å²) < 4.78 is 0.831. The third kappa shape index (κ3) is 2.77. The van der Waals surface area contributed by atoms with E-state index in [0.717, 1.165) is 28.8 Å². The molecule has 0 atom stereocenters. The van der Waals surface area contributed by atoms with Gasteiger partial charge in [0.25, 0.3) is 5.69 Å². The minimum atomic E-state index is -0.331. The molecule has 1 heterocycles. The average Bonchev–Trinajstić information content (AvgIpc) is 2.69. The van der Waals surface area contributed by atoms with Crippen molar-refractivity contribution < 1.29 is 4.92 Å². The third-order valence-electron chi connectivity index (χ3n) is 3.54. The van der Waals surface area contributed by atoms with Gasteiger partial charge in [0.05, 0.1) is 4.92 Å². The first kappa shape index (κ1) is 14.0. The number of fused-ring (bicyclic) bond motifs is 1. The number of anilines is 2. The highest BCUT2D eigenvalue weighted by molar-refractivity contribution is 9.10. The van der Waals surface area contributed by atoms with E-state index in [1.807, 2.05) is 29.2 Å². The summed E-state index contributed by atoms with van der Waals surface area (Å²) in [5, 5.41) is 14.7. The molecule has 2 aromatic carbocycles. The van der Waals surface area contributed by atoms with Gasteiger partial charge in [0, 0.05) is 35.9 Å². The van der Waals surface area contributed by atoms with Gasteiger partial charge in [0.2, 0.25) is 0 Å². The fourth-order valence-corrected chi connectivity index (χ4v) is 2.92. The SMILES string of the molecule is O=[N+]([O-])c1ccc(Br)cc1N1CCNCc2ccccc21. The summed E-state index contributed by atoms with van der Waals surface area (Å²) in [4.78, 5) is 13.0. The molecule has 0 saturated carbocycles. The van der Waals surface area contributed by atoms with Crippen molar-refractivity contribution in [1.29, 1.82) is 0 Å². The molecule has 0 saturated heterocycles.